The van der Waals surface area contributed by atoms with Crippen LogP contribution in [0.2, 0.25) is 0 Å². The van der Waals surface area contributed by atoms with Crippen molar-refractivity contribution in [3.63, 3.8) is 0 Å². The number of hydrogen-bond donors (Lipinski definition) is 1. The van der Waals surface area contributed by atoms with Gasteiger partial charge in [-0.1, -0.05) is 33.1 Å². The number of rotatable bonds is 12. The highest BCUT2D eigenvalue weighted by Crippen LogP contribution is 2.27. The molecule has 2 nitrogen and oxygen atoms in total. The van der Waals surface area contributed by atoms with E-state index in [4.69, 9.17) is 0 Å². The lowest BCUT2D eigenvalue weighted by Gasteiger charge is -2.21. The van der Waals surface area contributed by atoms with Gasteiger partial charge in [-0.15, -0.1) is 0 Å². The van der Waals surface area contributed by atoms with Crippen molar-refractivity contribution in [2.75, 3.05) is 26.2 Å². The maximum atomic E-state index is 3.39. The summed E-state index contributed by atoms with van der Waals surface area (Å²) in [4.78, 5) is 2.74. The molecule has 0 radical (unpaired) electrons. The van der Waals surface area contributed by atoms with Crippen LogP contribution in [-0.4, -0.2) is 37.1 Å². The molecule has 0 atom stereocenters. The van der Waals surface area contributed by atoms with Gasteiger partial charge in [0.05, 0.1) is 0 Å². The predicted molar refractivity (Wildman–Crippen MR) is 76.5 cm³/mol. The molecule has 2 heteroatoms. The molecule has 102 valence electrons. The van der Waals surface area contributed by atoms with Gasteiger partial charge in [0.1, 0.15) is 0 Å². The molecule has 0 unspecified atom stereocenters. The van der Waals surface area contributed by atoms with E-state index in [0.717, 1.165) is 12.6 Å². The minimum atomic E-state index is 0.961. The average Bonchev–Trinajstić information content (AvgIpc) is 3.16. The summed E-state index contributed by atoms with van der Waals surface area (Å²) < 4.78 is 0. The zero-order valence-electron chi connectivity index (χ0n) is 12.0. The summed E-state index contributed by atoms with van der Waals surface area (Å²) in [5.41, 5.74) is 0. The molecule has 0 saturated heterocycles. The first-order chi connectivity index (χ1) is 8.38. The summed E-state index contributed by atoms with van der Waals surface area (Å²) in [6.45, 7) is 9.50. The van der Waals surface area contributed by atoms with E-state index in [9.17, 15) is 0 Å². The van der Waals surface area contributed by atoms with E-state index in [-0.39, 0.29) is 0 Å². The van der Waals surface area contributed by atoms with E-state index in [2.05, 4.69) is 24.1 Å². The minimum Gasteiger partial charge on any atom is -0.317 e. The standard InChI is InChI=1S/C15H32N2/c1-3-5-13-17(15-10-11-15)14-9-7-6-8-12-16-4-2/h15-16H,3-14H2,1-2H3. The fourth-order valence-corrected chi connectivity index (χ4v) is 2.37. The van der Waals surface area contributed by atoms with E-state index >= 15 is 0 Å². The van der Waals surface area contributed by atoms with Gasteiger partial charge in [-0.3, -0.25) is 0 Å². The first kappa shape index (κ1) is 15.0. The van der Waals surface area contributed by atoms with E-state index in [1.807, 2.05) is 0 Å². The Morgan fingerprint density at radius 1 is 0.941 bits per heavy atom. The van der Waals surface area contributed by atoms with Crippen molar-refractivity contribution in [2.24, 2.45) is 0 Å². The number of unbranched alkanes of at least 4 members (excludes halogenated alkanes) is 4. The van der Waals surface area contributed by atoms with Crippen LogP contribution in [0.15, 0.2) is 0 Å². The van der Waals surface area contributed by atoms with Gasteiger partial charge < -0.3 is 10.2 Å². The van der Waals surface area contributed by atoms with Crippen LogP contribution in [0.1, 0.15) is 65.2 Å². The van der Waals surface area contributed by atoms with Gasteiger partial charge in [0.25, 0.3) is 0 Å². The molecule has 1 aliphatic rings. The summed E-state index contributed by atoms with van der Waals surface area (Å²) in [7, 11) is 0. The summed E-state index contributed by atoms with van der Waals surface area (Å²) in [5.74, 6) is 0. The van der Waals surface area contributed by atoms with E-state index in [1.165, 1.54) is 71.0 Å². The molecule has 0 aromatic heterocycles. The van der Waals surface area contributed by atoms with Crippen LogP contribution >= 0.6 is 0 Å². The first-order valence-electron chi connectivity index (χ1n) is 7.83. The molecule has 0 aliphatic heterocycles. The van der Waals surface area contributed by atoms with Crippen LogP contribution in [0.25, 0.3) is 0 Å². The van der Waals surface area contributed by atoms with Crippen molar-refractivity contribution in [1.82, 2.24) is 10.2 Å². The lowest BCUT2D eigenvalue weighted by molar-refractivity contribution is 0.253. The van der Waals surface area contributed by atoms with Crippen LogP contribution in [0.5, 0.6) is 0 Å². The Hall–Kier alpha value is -0.0800. The Balaban J connectivity index is 1.91. The second kappa shape index (κ2) is 9.90. The molecule has 17 heavy (non-hydrogen) atoms. The third kappa shape index (κ3) is 7.77. The van der Waals surface area contributed by atoms with Gasteiger partial charge in [0.15, 0.2) is 0 Å². The van der Waals surface area contributed by atoms with Crippen LogP contribution in [0.3, 0.4) is 0 Å². The van der Waals surface area contributed by atoms with E-state index in [0.29, 0.717) is 0 Å². The number of hydrogen-bond acceptors (Lipinski definition) is 2. The zero-order chi connectivity index (χ0) is 12.3. The van der Waals surface area contributed by atoms with Gasteiger partial charge in [0, 0.05) is 6.04 Å². The van der Waals surface area contributed by atoms with Crippen molar-refractivity contribution in [3.8, 4) is 0 Å². The highest BCUT2D eigenvalue weighted by atomic mass is 15.2. The van der Waals surface area contributed by atoms with Crippen molar-refractivity contribution >= 4 is 0 Å². The SMILES string of the molecule is CCCCN(CCCCCCNCC)C1CC1. The monoisotopic (exact) mass is 240 g/mol. The van der Waals surface area contributed by atoms with E-state index < -0.39 is 0 Å². The Bertz CT molecular complexity index is 166. The van der Waals surface area contributed by atoms with Crippen LogP contribution in [-0.2, 0) is 0 Å². The third-order valence-corrected chi connectivity index (χ3v) is 3.66. The molecule has 0 amide bonds. The average molecular weight is 240 g/mol. The molecule has 0 heterocycles. The summed E-state index contributed by atoms with van der Waals surface area (Å²) in [5, 5.41) is 3.39. The normalized spacial score (nSPS) is 15.7. The highest BCUT2D eigenvalue weighted by molar-refractivity contribution is 4.84. The molecule has 1 saturated carbocycles. The van der Waals surface area contributed by atoms with Crippen LogP contribution < -0.4 is 5.32 Å². The quantitative estimate of drug-likeness (QED) is 0.526. The fourth-order valence-electron chi connectivity index (χ4n) is 2.37. The fraction of sp³-hybridized carbons (Fsp3) is 1.00. The van der Waals surface area contributed by atoms with Gasteiger partial charge >= 0.3 is 0 Å². The molecule has 1 N–H and O–H groups in total. The minimum absolute atomic E-state index is 0.961. The summed E-state index contributed by atoms with van der Waals surface area (Å²) in [6, 6.07) is 0.961. The Labute approximate surface area is 108 Å². The number of nitrogens with zero attached hydrogens (tertiary/aromatic N) is 1. The Morgan fingerprint density at radius 3 is 2.29 bits per heavy atom. The van der Waals surface area contributed by atoms with Crippen molar-refractivity contribution in [3.05, 3.63) is 0 Å². The van der Waals surface area contributed by atoms with Gasteiger partial charge in [-0.05, 0) is 58.3 Å². The van der Waals surface area contributed by atoms with Crippen molar-refractivity contribution in [2.45, 2.75) is 71.3 Å². The maximum Gasteiger partial charge on any atom is 0.00964 e. The summed E-state index contributed by atoms with van der Waals surface area (Å²) >= 11 is 0. The lowest BCUT2D eigenvalue weighted by Crippen LogP contribution is -2.28. The van der Waals surface area contributed by atoms with Crippen molar-refractivity contribution in [1.29, 1.82) is 0 Å². The molecule has 0 bridgehead atoms. The first-order valence-corrected chi connectivity index (χ1v) is 7.83. The summed E-state index contributed by atoms with van der Waals surface area (Å²) in [6.07, 6.45) is 11.2. The van der Waals surface area contributed by atoms with Gasteiger partial charge in [-0.2, -0.15) is 0 Å². The second-order valence-corrected chi connectivity index (χ2v) is 5.39. The highest BCUT2D eigenvalue weighted by Gasteiger charge is 2.27. The molecular formula is C15H32N2. The largest absolute Gasteiger partial charge is 0.317 e. The lowest BCUT2D eigenvalue weighted by atomic mass is 10.2. The van der Waals surface area contributed by atoms with Gasteiger partial charge in [-0.25, -0.2) is 0 Å². The van der Waals surface area contributed by atoms with Crippen LogP contribution in [0, 0.1) is 0 Å². The molecule has 1 aliphatic carbocycles. The maximum absolute atomic E-state index is 3.39. The molecule has 0 aromatic carbocycles. The molecule has 0 spiro atoms. The van der Waals surface area contributed by atoms with Gasteiger partial charge in [0.2, 0.25) is 0 Å². The van der Waals surface area contributed by atoms with Crippen LogP contribution in [0.4, 0.5) is 0 Å². The number of nitrogens with one attached hydrogen (secondary N) is 1. The topological polar surface area (TPSA) is 15.3 Å². The van der Waals surface area contributed by atoms with Crippen molar-refractivity contribution < 1.29 is 0 Å². The molecule has 0 aromatic rings. The molecular weight excluding hydrogens is 208 g/mol. The zero-order valence-corrected chi connectivity index (χ0v) is 12.0. The Kier molecular flexibility index (Phi) is 8.72. The van der Waals surface area contributed by atoms with E-state index in [1.54, 1.807) is 0 Å². The Morgan fingerprint density at radius 2 is 1.65 bits per heavy atom. The smallest absolute Gasteiger partial charge is 0.00964 e. The second-order valence-electron chi connectivity index (χ2n) is 5.39. The third-order valence-electron chi connectivity index (χ3n) is 3.66. The molecule has 1 rings (SSSR count). The molecule has 1 fully saturated rings. The predicted octanol–water partition coefficient (Wildman–Crippen LogP) is 3.42.